The standard InChI is InChI=1S/C60H56N2O5/c1-3-5-7-9-37-65-56-33-23-48(24-34-56)46-19-29-54(30-20-46)62(55-31-21-47(22-32-55)49-25-35-57(36-26-49)66-38-10-8-6-4-2)53-27-17-45(18-28-53)44-13-15-50(16-14-44)59-41-51-12-11-43(40-58(51)67-59)39-52(42-61)60(63)64/h11-36,39-41H,3-10,37-38H2,1-2H3,(H,63,64)/b52-39-. The van der Waals surface area contributed by atoms with Crippen molar-refractivity contribution >= 4 is 40.1 Å². The van der Waals surface area contributed by atoms with Crippen molar-refractivity contribution in [3.8, 4) is 62.3 Å². The molecule has 1 N–H and O–H groups in total. The minimum atomic E-state index is -1.26. The van der Waals surface area contributed by atoms with Crippen molar-refractivity contribution in [2.45, 2.75) is 65.2 Å². The van der Waals surface area contributed by atoms with Gasteiger partial charge in [0.15, 0.2) is 0 Å². The zero-order chi connectivity index (χ0) is 46.4. The van der Waals surface area contributed by atoms with Gasteiger partial charge in [0.1, 0.15) is 34.5 Å². The zero-order valence-electron chi connectivity index (χ0n) is 38.3. The smallest absolute Gasteiger partial charge is 0.346 e. The molecule has 0 spiro atoms. The molecule has 0 radical (unpaired) electrons. The number of nitrogens with zero attached hydrogens (tertiary/aromatic N) is 2. The Morgan fingerprint density at radius 1 is 0.537 bits per heavy atom. The van der Waals surface area contributed by atoms with E-state index in [1.54, 1.807) is 18.2 Å². The molecule has 1 heterocycles. The van der Waals surface area contributed by atoms with E-state index in [9.17, 15) is 15.2 Å². The van der Waals surface area contributed by atoms with E-state index in [2.05, 4.69) is 152 Å². The van der Waals surface area contributed by atoms with Crippen molar-refractivity contribution in [2.24, 2.45) is 0 Å². The Hall–Kier alpha value is -7.82. The van der Waals surface area contributed by atoms with E-state index in [0.29, 0.717) is 16.9 Å². The van der Waals surface area contributed by atoms with Gasteiger partial charge < -0.3 is 23.9 Å². The fraction of sp³-hybridized carbons (Fsp3) is 0.200. The summed E-state index contributed by atoms with van der Waals surface area (Å²) in [6, 6.07) is 60.2. The third-order valence-corrected chi connectivity index (χ3v) is 12.0. The number of aliphatic carboxylic acids is 1. The number of furan rings is 1. The Kier molecular flexibility index (Phi) is 15.3. The third kappa shape index (κ3) is 11.7. The summed E-state index contributed by atoms with van der Waals surface area (Å²) in [6.45, 7) is 5.94. The number of benzene rings is 7. The maximum Gasteiger partial charge on any atom is 0.346 e. The van der Waals surface area contributed by atoms with Gasteiger partial charge in [-0.2, -0.15) is 5.26 Å². The molecule has 7 nitrogen and oxygen atoms in total. The van der Waals surface area contributed by atoms with Gasteiger partial charge in [-0.05, 0) is 131 Å². The lowest BCUT2D eigenvalue weighted by Gasteiger charge is -2.26. The van der Waals surface area contributed by atoms with Crippen molar-refractivity contribution in [3.63, 3.8) is 0 Å². The van der Waals surface area contributed by atoms with Gasteiger partial charge >= 0.3 is 5.97 Å². The molecule has 8 rings (SSSR count). The minimum absolute atomic E-state index is 0.334. The predicted molar refractivity (Wildman–Crippen MR) is 273 cm³/mol. The predicted octanol–water partition coefficient (Wildman–Crippen LogP) is 16.5. The van der Waals surface area contributed by atoms with Crippen LogP contribution in [0.1, 0.15) is 70.8 Å². The molecule has 0 saturated carbocycles. The van der Waals surface area contributed by atoms with Crippen LogP contribution in [-0.2, 0) is 4.79 Å². The van der Waals surface area contributed by atoms with E-state index in [0.717, 1.165) is 98.9 Å². The van der Waals surface area contributed by atoms with Crippen molar-refractivity contribution < 1.29 is 23.8 Å². The number of hydrogen-bond acceptors (Lipinski definition) is 6. The van der Waals surface area contributed by atoms with Crippen LogP contribution in [0.2, 0.25) is 0 Å². The molecule has 1 aromatic heterocycles. The maximum atomic E-state index is 11.3. The Morgan fingerprint density at radius 2 is 0.940 bits per heavy atom. The number of anilines is 3. The van der Waals surface area contributed by atoms with E-state index in [1.165, 1.54) is 44.6 Å². The quantitative estimate of drug-likeness (QED) is 0.0436. The number of unbranched alkanes of at least 4 members (excludes halogenated alkanes) is 6. The van der Waals surface area contributed by atoms with Crippen LogP contribution in [0.5, 0.6) is 11.5 Å². The molecule has 0 bridgehead atoms. The van der Waals surface area contributed by atoms with Crippen LogP contribution >= 0.6 is 0 Å². The van der Waals surface area contributed by atoms with Crippen LogP contribution in [0.25, 0.3) is 61.7 Å². The molecule has 7 aromatic carbocycles. The highest BCUT2D eigenvalue weighted by Gasteiger charge is 2.15. The third-order valence-electron chi connectivity index (χ3n) is 12.0. The first-order chi connectivity index (χ1) is 32.9. The minimum Gasteiger partial charge on any atom is -0.494 e. The lowest BCUT2D eigenvalue weighted by Crippen LogP contribution is -2.09. The molecule has 0 fully saturated rings. The fourth-order valence-electron chi connectivity index (χ4n) is 8.20. The van der Waals surface area contributed by atoms with Crippen LogP contribution < -0.4 is 14.4 Å². The molecule has 0 aliphatic heterocycles. The molecular formula is C60H56N2O5. The summed E-state index contributed by atoms with van der Waals surface area (Å²) in [6.07, 6.45) is 10.8. The summed E-state index contributed by atoms with van der Waals surface area (Å²) in [4.78, 5) is 13.6. The number of hydrogen-bond donors (Lipinski definition) is 1. The molecule has 0 unspecified atom stereocenters. The van der Waals surface area contributed by atoms with Crippen LogP contribution in [0.15, 0.2) is 180 Å². The second kappa shape index (κ2) is 22.4. The summed E-state index contributed by atoms with van der Waals surface area (Å²) >= 11 is 0. The molecule has 8 aromatic rings. The van der Waals surface area contributed by atoms with Crippen molar-refractivity contribution in [1.29, 1.82) is 5.26 Å². The van der Waals surface area contributed by atoms with Gasteiger partial charge in [-0.1, -0.05) is 149 Å². The van der Waals surface area contributed by atoms with E-state index >= 15 is 0 Å². The number of carboxylic acid groups (broad SMARTS) is 1. The number of rotatable bonds is 21. The number of fused-ring (bicyclic) bond motifs is 1. The van der Waals surface area contributed by atoms with Crippen molar-refractivity contribution in [3.05, 3.63) is 181 Å². The SMILES string of the molecule is CCCCCCOc1ccc(-c2ccc(N(c3ccc(-c4ccc(OCCCCCC)cc4)cc3)c3ccc(-c4ccc(-c5cc6ccc(/C=C(/C#N)C(=O)O)cc6o5)cc4)cc3)cc2)cc1. The summed E-state index contributed by atoms with van der Waals surface area (Å²) in [5.41, 5.74) is 11.6. The van der Waals surface area contributed by atoms with E-state index in [4.69, 9.17) is 13.9 Å². The monoisotopic (exact) mass is 884 g/mol. The first-order valence-electron chi connectivity index (χ1n) is 23.5. The zero-order valence-corrected chi connectivity index (χ0v) is 38.3. The number of carbonyl (C=O) groups is 1. The lowest BCUT2D eigenvalue weighted by molar-refractivity contribution is -0.132. The van der Waals surface area contributed by atoms with Gasteiger partial charge in [-0.25, -0.2) is 4.79 Å². The molecule has 336 valence electrons. The van der Waals surface area contributed by atoms with E-state index in [-0.39, 0.29) is 5.57 Å². The van der Waals surface area contributed by atoms with Gasteiger partial charge in [-0.15, -0.1) is 0 Å². The highest BCUT2D eigenvalue weighted by Crippen LogP contribution is 2.39. The van der Waals surface area contributed by atoms with Crippen LogP contribution in [0, 0.1) is 11.3 Å². The Labute approximate surface area is 394 Å². The molecule has 0 atom stereocenters. The van der Waals surface area contributed by atoms with Crippen LogP contribution in [0.3, 0.4) is 0 Å². The summed E-state index contributed by atoms with van der Waals surface area (Å²) in [5, 5.41) is 19.3. The summed E-state index contributed by atoms with van der Waals surface area (Å²) in [7, 11) is 0. The average Bonchev–Trinajstić information content (AvgIpc) is 3.80. The maximum absolute atomic E-state index is 11.3. The summed E-state index contributed by atoms with van der Waals surface area (Å²) in [5.74, 6) is 1.24. The normalized spacial score (nSPS) is 11.3. The van der Waals surface area contributed by atoms with E-state index in [1.807, 2.05) is 24.3 Å². The summed E-state index contributed by atoms with van der Waals surface area (Å²) < 4.78 is 18.2. The molecule has 0 aliphatic carbocycles. The van der Waals surface area contributed by atoms with Crippen LogP contribution in [0.4, 0.5) is 17.1 Å². The highest BCUT2D eigenvalue weighted by molar-refractivity contribution is 5.97. The number of nitriles is 1. The highest BCUT2D eigenvalue weighted by atomic mass is 16.5. The lowest BCUT2D eigenvalue weighted by atomic mass is 10.0. The second-order valence-electron chi connectivity index (χ2n) is 16.8. The topological polar surface area (TPSA) is 95.9 Å². The van der Waals surface area contributed by atoms with Crippen LogP contribution in [-0.4, -0.2) is 24.3 Å². The molecule has 0 aliphatic rings. The van der Waals surface area contributed by atoms with Gasteiger partial charge in [0.25, 0.3) is 0 Å². The molecule has 0 amide bonds. The van der Waals surface area contributed by atoms with Gasteiger partial charge in [0.2, 0.25) is 0 Å². The molecular weight excluding hydrogens is 829 g/mol. The first kappa shape index (κ1) is 45.7. The number of carboxylic acids is 1. The fourth-order valence-corrected chi connectivity index (χ4v) is 8.20. The van der Waals surface area contributed by atoms with Gasteiger partial charge in [0.05, 0.1) is 13.2 Å². The van der Waals surface area contributed by atoms with Gasteiger partial charge in [-0.3, -0.25) is 0 Å². The first-order valence-corrected chi connectivity index (χ1v) is 23.5. The largest absolute Gasteiger partial charge is 0.494 e. The van der Waals surface area contributed by atoms with Crippen molar-refractivity contribution in [2.75, 3.05) is 18.1 Å². The van der Waals surface area contributed by atoms with Crippen molar-refractivity contribution in [1.82, 2.24) is 0 Å². The molecule has 67 heavy (non-hydrogen) atoms. The second-order valence-corrected chi connectivity index (χ2v) is 16.8. The number of ether oxygens (including phenoxy) is 2. The molecule has 7 heteroatoms. The average molecular weight is 885 g/mol. The Morgan fingerprint density at radius 3 is 1.34 bits per heavy atom. The van der Waals surface area contributed by atoms with Gasteiger partial charge in [0, 0.05) is 28.0 Å². The molecule has 0 saturated heterocycles. The Bertz CT molecular complexity index is 2820. The Balaban J connectivity index is 1.02. The van der Waals surface area contributed by atoms with E-state index < -0.39 is 5.97 Å².